The molecule has 0 bridgehead atoms. The fourth-order valence-electron chi connectivity index (χ4n) is 3.55. The molecule has 1 fully saturated rings. The number of likely N-dealkylation sites (N-methyl/N-ethyl adjacent to an activating group) is 1. The standard InChI is InChI=1S/C21H29N3O5/c1-22(2)9-7-15-13-24(19-6-5-17(27-4)11-18(15)19)21(26)29-14-28-20(25)16-8-10-23(3)12-16/h5-6,11,13,16H,7-10,12,14H2,1-4H3. The van der Waals surface area contributed by atoms with Crippen molar-refractivity contribution in [3.8, 4) is 5.75 Å². The highest BCUT2D eigenvalue weighted by atomic mass is 16.7. The molecule has 1 aliphatic heterocycles. The molecule has 0 aliphatic carbocycles. The van der Waals surface area contributed by atoms with Crippen LogP contribution in [0, 0.1) is 5.92 Å². The number of methoxy groups -OCH3 is 1. The predicted molar refractivity (Wildman–Crippen MR) is 109 cm³/mol. The second-order valence-corrected chi connectivity index (χ2v) is 7.70. The summed E-state index contributed by atoms with van der Waals surface area (Å²) in [6.07, 6.45) is 2.75. The van der Waals surface area contributed by atoms with Crippen LogP contribution in [0.5, 0.6) is 5.75 Å². The molecule has 8 nitrogen and oxygen atoms in total. The highest BCUT2D eigenvalue weighted by Gasteiger charge is 2.27. The van der Waals surface area contributed by atoms with Gasteiger partial charge in [0.05, 0.1) is 18.5 Å². The molecule has 29 heavy (non-hydrogen) atoms. The number of carbonyl (C=O) groups excluding carboxylic acids is 2. The van der Waals surface area contributed by atoms with Crippen LogP contribution in [0.4, 0.5) is 4.79 Å². The third-order valence-corrected chi connectivity index (χ3v) is 5.23. The van der Waals surface area contributed by atoms with Crippen LogP contribution in [0.15, 0.2) is 24.4 Å². The van der Waals surface area contributed by atoms with Gasteiger partial charge in [-0.05, 0) is 64.3 Å². The smallest absolute Gasteiger partial charge is 0.421 e. The van der Waals surface area contributed by atoms with Crippen molar-refractivity contribution in [2.24, 2.45) is 5.92 Å². The second kappa shape index (κ2) is 9.28. The molecule has 1 aliphatic rings. The van der Waals surface area contributed by atoms with E-state index in [4.69, 9.17) is 14.2 Å². The zero-order valence-electron chi connectivity index (χ0n) is 17.5. The molecule has 1 unspecified atom stereocenters. The fourth-order valence-corrected chi connectivity index (χ4v) is 3.55. The van der Waals surface area contributed by atoms with Crippen molar-refractivity contribution in [2.45, 2.75) is 12.8 Å². The fraction of sp³-hybridized carbons (Fsp3) is 0.524. The van der Waals surface area contributed by atoms with Gasteiger partial charge in [0, 0.05) is 24.7 Å². The number of ether oxygens (including phenoxy) is 3. The third-order valence-electron chi connectivity index (χ3n) is 5.23. The summed E-state index contributed by atoms with van der Waals surface area (Å²) in [6.45, 7) is 2.00. The monoisotopic (exact) mass is 403 g/mol. The highest BCUT2D eigenvalue weighted by molar-refractivity contribution is 5.92. The molecule has 2 aromatic rings. The van der Waals surface area contributed by atoms with Crippen LogP contribution in [0.3, 0.4) is 0 Å². The Hall–Kier alpha value is -2.58. The Balaban J connectivity index is 1.69. The number of fused-ring (bicyclic) bond motifs is 1. The Morgan fingerprint density at radius 2 is 2.03 bits per heavy atom. The van der Waals surface area contributed by atoms with Crippen LogP contribution in [-0.2, 0) is 20.7 Å². The van der Waals surface area contributed by atoms with Crippen molar-refractivity contribution >= 4 is 23.0 Å². The first-order valence-electron chi connectivity index (χ1n) is 9.74. The van der Waals surface area contributed by atoms with E-state index < -0.39 is 6.09 Å². The Bertz CT molecular complexity index is 877. The number of carbonyl (C=O) groups is 2. The summed E-state index contributed by atoms with van der Waals surface area (Å²) < 4.78 is 17.1. The van der Waals surface area contributed by atoms with E-state index in [0.29, 0.717) is 6.54 Å². The summed E-state index contributed by atoms with van der Waals surface area (Å²) in [6, 6.07) is 5.55. The molecule has 3 rings (SSSR count). The third kappa shape index (κ3) is 5.07. The number of rotatable bonds is 7. The van der Waals surface area contributed by atoms with Crippen LogP contribution >= 0.6 is 0 Å². The minimum absolute atomic E-state index is 0.156. The van der Waals surface area contributed by atoms with Gasteiger partial charge in [-0.15, -0.1) is 0 Å². The number of hydrogen-bond acceptors (Lipinski definition) is 7. The normalized spacial score (nSPS) is 17.1. The maximum Gasteiger partial charge on any atom is 0.421 e. The van der Waals surface area contributed by atoms with Gasteiger partial charge < -0.3 is 24.0 Å². The number of likely N-dealkylation sites (tertiary alicyclic amines) is 1. The number of nitrogens with zero attached hydrogens (tertiary/aromatic N) is 3. The van der Waals surface area contributed by atoms with Gasteiger partial charge in [-0.25, -0.2) is 4.79 Å². The molecule has 1 atom stereocenters. The lowest BCUT2D eigenvalue weighted by Crippen LogP contribution is -2.24. The number of benzene rings is 1. The average molecular weight is 403 g/mol. The molecule has 0 spiro atoms. The van der Waals surface area contributed by atoms with Crippen LogP contribution in [-0.4, -0.2) is 81.1 Å². The molecule has 2 heterocycles. The molecule has 158 valence electrons. The Labute approximate surface area is 170 Å². The highest BCUT2D eigenvalue weighted by Crippen LogP contribution is 2.27. The van der Waals surface area contributed by atoms with E-state index in [1.54, 1.807) is 19.4 Å². The van der Waals surface area contributed by atoms with Gasteiger partial charge in [0.2, 0.25) is 6.79 Å². The van der Waals surface area contributed by atoms with Crippen molar-refractivity contribution < 1.29 is 23.8 Å². The first-order chi connectivity index (χ1) is 13.9. The lowest BCUT2D eigenvalue weighted by molar-refractivity contribution is -0.156. The minimum Gasteiger partial charge on any atom is -0.497 e. The quantitative estimate of drug-likeness (QED) is 0.518. The van der Waals surface area contributed by atoms with Gasteiger partial charge in [0.1, 0.15) is 5.75 Å². The van der Waals surface area contributed by atoms with Gasteiger partial charge in [-0.3, -0.25) is 9.36 Å². The summed E-state index contributed by atoms with van der Waals surface area (Å²) >= 11 is 0. The zero-order valence-corrected chi connectivity index (χ0v) is 17.5. The SMILES string of the molecule is COc1ccc2c(c1)c(CCN(C)C)cn2C(=O)OCOC(=O)C1CCN(C)C1. The van der Waals surface area contributed by atoms with E-state index in [1.165, 1.54) is 4.57 Å². The molecule has 0 saturated carbocycles. The molecule has 8 heteroatoms. The van der Waals surface area contributed by atoms with Crippen molar-refractivity contribution in [1.29, 1.82) is 0 Å². The van der Waals surface area contributed by atoms with Crippen molar-refractivity contribution in [1.82, 2.24) is 14.4 Å². The van der Waals surface area contributed by atoms with Crippen LogP contribution in [0.2, 0.25) is 0 Å². The summed E-state index contributed by atoms with van der Waals surface area (Å²) in [5, 5.41) is 0.939. The summed E-state index contributed by atoms with van der Waals surface area (Å²) in [4.78, 5) is 28.9. The maximum absolute atomic E-state index is 12.6. The molecule has 1 aromatic heterocycles. The first kappa shape index (κ1) is 21.1. The van der Waals surface area contributed by atoms with Gasteiger partial charge in [0.25, 0.3) is 0 Å². The zero-order chi connectivity index (χ0) is 21.0. The van der Waals surface area contributed by atoms with E-state index in [2.05, 4.69) is 9.80 Å². The number of esters is 1. The Kier molecular flexibility index (Phi) is 6.76. The van der Waals surface area contributed by atoms with E-state index >= 15 is 0 Å². The average Bonchev–Trinajstić information content (AvgIpc) is 3.29. The lowest BCUT2D eigenvalue weighted by Gasteiger charge is -2.11. The van der Waals surface area contributed by atoms with E-state index in [0.717, 1.165) is 48.1 Å². The Morgan fingerprint density at radius 3 is 2.69 bits per heavy atom. The number of hydrogen-bond donors (Lipinski definition) is 0. The van der Waals surface area contributed by atoms with E-state index in [-0.39, 0.29) is 18.7 Å². The second-order valence-electron chi connectivity index (χ2n) is 7.70. The number of aromatic nitrogens is 1. The van der Waals surface area contributed by atoms with E-state index in [9.17, 15) is 9.59 Å². The van der Waals surface area contributed by atoms with Gasteiger partial charge >= 0.3 is 12.1 Å². The van der Waals surface area contributed by atoms with Crippen molar-refractivity contribution in [3.05, 3.63) is 30.0 Å². The summed E-state index contributed by atoms with van der Waals surface area (Å²) in [5.74, 6) is 0.248. The summed E-state index contributed by atoms with van der Waals surface area (Å²) in [5.41, 5.74) is 1.75. The molecular formula is C21H29N3O5. The molecule has 1 aromatic carbocycles. The molecule has 0 amide bonds. The minimum atomic E-state index is -0.576. The van der Waals surface area contributed by atoms with Crippen LogP contribution in [0.25, 0.3) is 10.9 Å². The van der Waals surface area contributed by atoms with Gasteiger partial charge in [-0.2, -0.15) is 0 Å². The molecule has 0 radical (unpaired) electrons. The van der Waals surface area contributed by atoms with Crippen molar-refractivity contribution in [2.75, 3.05) is 54.7 Å². The van der Waals surface area contributed by atoms with Crippen LogP contribution in [0.1, 0.15) is 12.0 Å². The molecule has 1 saturated heterocycles. The predicted octanol–water partition coefficient (Wildman–Crippen LogP) is 2.19. The molecular weight excluding hydrogens is 374 g/mol. The van der Waals surface area contributed by atoms with Gasteiger partial charge in [-0.1, -0.05) is 0 Å². The maximum atomic E-state index is 12.6. The lowest BCUT2D eigenvalue weighted by atomic mass is 10.1. The largest absolute Gasteiger partial charge is 0.497 e. The Morgan fingerprint density at radius 1 is 1.24 bits per heavy atom. The summed E-state index contributed by atoms with van der Waals surface area (Å²) in [7, 11) is 7.59. The van der Waals surface area contributed by atoms with Gasteiger partial charge in [0.15, 0.2) is 0 Å². The first-order valence-corrected chi connectivity index (χ1v) is 9.74. The topological polar surface area (TPSA) is 73.2 Å². The molecule has 0 N–H and O–H groups in total. The van der Waals surface area contributed by atoms with Crippen LogP contribution < -0.4 is 4.74 Å². The van der Waals surface area contributed by atoms with E-state index in [1.807, 2.05) is 33.3 Å². The van der Waals surface area contributed by atoms with Crippen molar-refractivity contribution in [3.63, 3.8) is 0 Å².